The van der Waals surface area contributed by atoms with Crippen LogP contribution < -0.4 is 0 Å². The molecule has 0 amide bonds. The van der Waals surface area contributed by atoms with E-state index in [0.29, 0.717) is 5.92 Å². The van der Waals surface area contributed by atoms with Crippen LogP contribution in [0.5, 0.6) is 0 Å². The fraction of sp³-hybridized carbons (Fsp3) is 0.250. The molecule has 0 fully saturated rings. The molecule has 0 N–H and O–H groups in total. The molecular formula is C48H48. The monoisotopic (exact) mass is 624 g/mol. The van der Waals surface area contributed by atoms with Crippen LogP contribution in [0.3, 0.4) is 0 Å². The molecule has 8 rings (SSSR count). The predicted molar refractivity (Wildman–Crippen MR) is 207 cm³/mol. The van der Waals surface area contributed by atoms with Crippen LogP contribution in [0.4, 0.5) is 0 Å². The van der Waals surface area contributed by atoms with Crippen molar-refractivity contribution in [3.05, 3.63) is 166 Å². The summed E-state index contributed by atoms with van der Waals surface area (Å²) in [5.74, 6) is 0.657. The van der Waals surface area contributed by atoms with E-state index in [4.69, 9.17) is 0 Å². The summed E-state index contributed by atoms with van der Waals surface area (Å²) in [5, 5.41) is 0. The molecule has 0 spiro atoms. The number of rotatable bonds is 4. The minimum atomic E-state index is 0.0200. The Bertz CT molecular complexity index is 2010. The van der Waals surface area contributed by atoms with Crippen LogP contribution in [0.15, 0.2) is 127 Å². The summed E-state index contributed by atoms with van der Waals surface area (Å²) in [6, 6.07) is 46.7. The van der Waals surface area contributed by atoms with Crippen molar-refractivity contribution in [2.75, 3.05) is 0 Å². The fourth-order valence-corrected chi connectivity index (χ4v) is 8.73. The molecule has 2 aliphatic rings. The minimum Gasteiger partial charge on any atom is -0.0648 e. The van der Waals surface area contributed by atoms with E-state index in [-0.39, 0.29) is 10.8 Å². The third kappa shape index (κ3) is 5.05. The Morgan fingerprint density at radius 2 is 0.833 bits per heavy atom. The van der Waals surface area contributed by atoms with Crippen LogP contribution >= 0.6 is 0 Å². The number of benzene rings is 6. The molecule has 0 heterocycles. The molecule has 0 heteroatoms. The Kier molecular flexibility index (Phi) is 8.03. The number of hydrogen-bond donors (Lipinski definition) is 0. The van der Waals surface area contributed by atoms with Crippen LogP contribution in [0.25, 0.3) is 44.5 Å². The molecule has 2 aliphatic carbocycles. The highest BCUT2D eigenvalue weighted by Gasteiger charge is 2.39. The van der Waals surface area contributed by atoms with Crippen LogP contribution in [0, 0.1) is 13.8 Å². The summed E-state index contributed by atoms with van der Waals surface area (Å²) in [6.45, 7) is 18.7. The maximum absolute atomic E-state index is 2.38. The molecule has 6 aromatic rings. The van der Waals surface area contributed by atoms with Gasteiger partial charge in [0, 0.05) is 10.8 Å². The van der Waals surface area contributed by atoms with Crippen molar-refractivity contribution in [3.63, 3.8) is 0 Å². The highest BCUT2D eigenvalue weighted by Crippen LogP contribution is 2.54. The topological polar surface area (TPSA) is 0 Å². The first-order chi connectivity index (χ1) is 23.1. The summed E-state index contributed by atoms with van der Waals surface area (Å²) in [5.41, 5.74) is 21.1. The first kappa shape index (κ1) is 31.9. The molecule has 0 bridgehead atoms. The van der Waals surface area contributed by atoms with E-state index in [0.717, 1.165) is 0 Å². The molecule has 0 radical (unpaired) electrons. The van der Waals surface area contributed by atoms with Crippen molar-refractivity contribution in [1.29, 1.82) is 0 Å². The smallest absolute Gasteiger partial charge is 0.0161 e. The Hall–Kier alpha value is -4.68. The van der Waals surface area contributed by atoms with Crippen molar-refractivity contribution in [2.45, 2.75) is 78.6 Å². The molecule has 6 aromatic carbocycles. The van der Waals surface area contributed by atoms with E-state index in [1.54, 1.807) is 0 Å². The fourth-order valence-electron chi connectivity index (χ4n) is 8.73. The van der Waals surface area contributed by atoms with Crippen molar-refractivity contribution >= 4 is 0 Å². The lowest BCUT2D eigenvalue weighted by Gasteiger charge is -2.27. The summed E-state index contributed by atoms with van der Waals surface area (Å²) in [6.07, 6.45) is 1.20. The zero-order valence-corrected chi connectivity index (χ0v) is 29.9. The van der Waals surface area contributed by atoms with E-state index in [9.17, 15) is 0 Å². The molecule has 0 aromatic heterocycles. The van der Waals surface area contributed by atoms with E-state index in [1.165, 1.54) is 89.9 Å². The third-order valence-corrected chi connectivity index (χ3v) is 11.5. The molecule has 0 nitrogen and oxygen atoms in total. The maximum Gasteiger partial charge on any atom is 0.0161 e. The van der Waals surface area contributed by atoms with Crippen LogP contribution in [-0.2, 0) is 10.8 Å². The highest BCUT2D eigenvalue weighted by atomic mass is 14.4. The molecular weight excluding hydrogens is 577 g/mol. The quantitative estimate of drug-likeness (QED) is 0.183. The van der Waals surface area contributed by atoms with Crippen molar-refractivity contribution in [2.24, 2.45) is 0 Å². The van der Waals surface area contributed by atoms with Gasteiger partial charge in [-0.25, -0.2) is 0 Å². The van der Waals surface area contributed by atoms with Gasteiger partial charge in [-0.15, -0.1) is 0 Å². The summed E-state index contributed by atoms with van der Waals surface area (Å²) < 4.78 is 0. The van der Waals surface area contributed by atoms with E-state index in [2.05, 4.69) is 183 Å². The Labute approximate surface area is 288 Å². The van der Waals surface area contributed by atoms with Crippen LogP contribution in [0.2, 0.25) is 0 Å². The second-order valence-electron chi connectivity index (χ2n) is 15.0. The number of hydrogen-bond acceptors (Lipinski definition) is 0. The molecule has 0 aliphatic heterocycles. The third-order valence-electron chi connectivity index (χ3n) is 11.5. The van der Waals surface area contributed by atoms with Gasteiger partial charge in [-0.1, -0.05) is 169 Å². The van der Waals surface area contributed by atoms with Crippen LogP contribution in [0.1, 0.15) is 92.8 Å². The van der Waals surface area contributed by atoms with Gasteiger partial charge in [-0.2, -0.15) is 0 Å². The lowest BCUT2D eigenvalue weighted by molar-refractivity contribution is 0.654. The molecule has 240 valence electrons. The Morgan fingerprint density at radius 1 is 0.438 bits per heavy atom. The van der Waals surface area contributed by atoms with Gasteiger partial charge in [-0.05, 0) is 110 Å². The van der Waals surface area contributed by atoms with Crippen molar-refractivity contribution in [1.82, 2.24) is 0 Å². The van der Waals surface area contributed by atoms with Gasteiger partial charge in [0.2, 0.25) is 0 Å². The zero-order valence-electron chi connectivity index (χ0n) is 29.9. The van der Waals surface area contributed by atoms with Gasteiger partial charge in [0.05, 0.1) is 0 Å². The summed E-state index contributed by atoms with van der Waals surface area (Å²) >= 11 is 0. The average Bonchev–Trinajstić information content (AvgIpc) is 3.49. The summed E-state index contributed by atoms with van der Waals surface area (Å²) in [7, 11) is 0. The zero-order chi connectivity index (χ0) is 33.8. The molecule has 0 saturated heterocycles. The first-order valence-electron chi connectivity index (χ1n) is 17.7. The van der Waals surface area contributed by atoms with E-state index >= 15 is 0 Å². The molecule has 0 saturated carbocycles. The number of fused-ring (bicyclic) bond motifs is 6. The normalized spacial score (nSPS) is 15.0. The molecule has 48 heavy (non-hydrogen) atoms. The lowest BCUT2D eigenvalue weighted by atomic mass is 9.76. The minimum absolute atomic E-state index is 0.0200. The second kappa shape index (κ2) is 12.1. The van der Waals surface area contributed by atoms with Gasteiger partial charge in [0.1, 0.15) is 0 Å². The standard InChI is InChI=1S/C32H30.C16H18/c1-19-21(15-17-25-23-11-7-9-13-27(23)31(3,4)29(19)25)22-16-18-26-24-12-8-10-14-28(24)32(5,6)30(26)20(22)2;1-3-13(2)14-9-11-16(12-10-14)15-7-5-4-6-8-15/h7-18H,1-6H3;4-13H,3H2,1-2H3. The highest BCUT2D eigenvalue weighted by molar-refractivity contribution is 5.89. The van der Waals surface area contributed by atoms with Crippen molar-refractivity contribution < 1.29 is 0 Å². The van der Waals surface area contributed by atoms with Crippen LogP contribution in [-0.4, -0.2) is 0 Å². The summed E-state index contributed by atoms with van der Waals surface area (Å²) in [4.78, 5) is 0. The maximum atomic E-state index is 2.38. The predicted octanol–water partition coefficient (Wildman–Crippen LogP) is 13.5. The van der Waals surface area contributed by atoms with Gasteiger partial charge in [0.15, 0.2) is 0 Å². The molecule has 1 atom stereocenters. The average molecular weight is 625 g/mol. The van der Waals surface area contributed by atoms with Gasteiger partial charge < -0.3 is 0 Å². The first-order valence-corrected chi connectivity index (χ1v) is 17.7. The van der Waals surface area contributed by atoms with E-state index < -0.39 is 0 Å². The van der Waals surface area contributed by atoms with Gasteiger partial charge in [-0.3, -0.25) is 0 Å². The lowest BCUT2D eigenvalue weighted by Crippen LogP contribution is -2.18. The van der Waals surface area contributed by atoms with Gasteiger partial charge >= 0.3 is 0 Å². The Morgan fingerprint density at radius 3 is 1.29 bits per heavy atom. The largest absolute Gasteiger partial charge is 0.0648 e. The molecule has 1 unspecified atom stereocenters. The SMILES string of the molecule is CCC(C)c1ccc(-c2ccccc2)cc1.Cc1c(-c2ccc3c(c2C)C(C)(C)c2ccccc2-3)ccc2c1C(C)(C)c1ccccc1-2. The second-order valence-corrected chi connectivity index (χ2v) is 15.0. The van der Waals surface area contributed by atoms with E-state index in [1.807, 2.05) is 0 Å². The van der Waals surface area contributed by atoms with Gasteiger partial charge in [0.25, 0.3) is 0 Å². The Balaban J connectivity index is 0.000000192. The van der Waals surface area contributed by atoms with Crippen molar-refractivity contribution in [3.8, 4) is 44.5 Å².